The number of nitrogens with two attached hydrogens (primary N) is 2. The second-order valence-corrected chi connectivity index (χ2v) is 5.18. The van der Waals surface area contributed by atoms with Crippen LogP contribution in [-0.4, -0.2) is 9.97 Å². The summed E-state index contributed by atoms with van der Waals surface area (Å²) in [4.78, 5) is 8.75. The minimum absolute atomic E-state index is 0.131. The van der Waals surface area contributed by atoms with E-state index in [0.717, 1.165) is 4.90 Å². The Hall–Kier alpha value is -1.21. The lowest BCUT2D eigenvalue weighted by atomic mass is 10.4. The number of hydrogen-bond donors (Lipinski definition) is 3. The normalized spacial score (nSPS) is 10.4. The molecule has 1 aromatic heterocycles. The van der Waals surface area contributed by atoms with E-state index in [4.69, 9.17) is 34.8 Å². The number of nitrogen functional groups attached to an aromatic ring is 2. The molecule has 8 heteroatoms. The van der Waals surface area contributed by atoms with Crippen molar-refractivity contribution >= 4 is 46.7 Å². The largest absolute Gasteiger partial charge is 0.368 e. The third kappa shape index (κ3) is 3.17. The molecule has 0 aliphatic rings. The second kappa shape index (κ2) is 5.62. The summed E-state index contributed by atoms with van der Waals surface area (Å²) in [6.45, 7) is 0. The fourth-order valence-electron chi connectivity index (χ4n) is 1.24. The van der Waals surface area contributed by atoms with Crippen molar-refractivity contribution in [1.29, 1.82) is 0 Å². The molecule has 0 unspecified atom stereocenters. The molecular weight excluding hydrogens is 293 g/mol. The summed E-state index contributed by atoms with van der Waals surface area (Å²) >= 11 is 13.3. The van der Waals surface area contributed by atoms with E-state index in [-0.39, 0.29) is 5.95 Å². The number of rotatable bonds is 3. The summed E-state index contributed by atoms with van der Waals surface area (Å²) in [6, 6.07) is 6.86. The summed E-state index contributed by atoms with van der Waals surface area (Å²) in [5, 5.41) is 1.81. The van der Waals surface area contributed by atoms with E-state index in [9.17, 15) is 0 Å². The van der Waals surface area contributed by atoms with Gasteiger partial charge in [-0.05, 0) is 18.2 Å². The Morgan fingerprint density at radius 2 is 1.94 bits per heavy atom. The molecule has 0 aliphatic carbocycles. The Labute approximate surface area is 118 Å². The van der Waals surface area contributed by atoms with Crippen molar-refractivity contribution in [2.45, 2.75) is 9.92 Å². The third-order valence-corrected chi connectivity index (χ3v) is 3.63. The minimum Gasteiger partial charge on any atom is -0.368 e. The van der Waals surface area contributed by atoms with Gasteiger partial charge in [0.15, 0.2) is 0 Å². The van der Waals surface area contributed by atoms with Crippen molar-refractivity contribution in [2.75, 3.05) is 11.2 Å². The molecule has 1 heterocycles. The lowest BCUT2D eigenvalue weighted by Gasteiger charge is -2.06. The molecule has 2 aromatic rings. The summed E-state index contributed by atoms with van der Waals surface area (Å²) in [7, 11) is 0. The second-order valence-electron chi connectivity index (χ2n) is 3.27. The van der Waals surface area contributed by atoms with Crippen LogP contribution in [0.15, 0.2) is 34.2 Å². The quantitative estimate of drug-likeness (QED) is 0.459. The van der Waals surface area contributed by atoms with E-state index >= 15 is 0 Å². The van der Waals surface area contributed by atoms with Crippen LogP contribution in [0.2, 0.25) is 10.0 Å². The molecule has 0 aliphatic heterocycles. The van der Waals surface area contributed by atoms with Gasteiger partial charge in [-0.1, -0.05) is 35.0 Å². The van der Waals surface area contributed by atoms with Crippen LogP contribution in [0.3, 0.4) is 0 Å². The Morgan fingerprint density at radius 1 is 1.17 bits per heavy atom. The standard InChI is InChI=1S/C10H9Cl2N5S/c11-5-1-2-6(12)7(3-5)18-9-4-8(17-14)15-10(13)16-9/h1-4H,14H2,(H3,13,15,16,17). The van der Waals surface area contributed by atoms with Gasteiger partial charge in [0, 0.05) is 16.0 Å². The van der Waals surface area contributed by atoms with Gasteiger partial charge in [0.1, 0.15) is 10.8 Å². The first kappa shape index (κ1) is 13.2. The van der Waals surface area contributed by atoms with Gasteiger partial charge in [0.25, 0.3) is 0 Å². The van der Waals surface area contributed by atoms with Crippen molar-refractivity contribution in [2.24, 2.45) is 5.84 Å². The van der Waals surface area contributed by atoms with Gasteiger partial charge < -0.3 is 11.2 Å². The van der Waals surface area contributed by atoms with Crippen LogP contribution in [0.1, 0.15) is 0 Å². The van der Waals surface area contributed by atoms with Gasteiger partial charge in [-0.3, -0.25) is 0 Å². The monoisotopic (exact) mass is 301 g/mol. The number of nitrogens with one attached hydrogen (secondary N) is 1. The third-order valence-electron chi connectivity index (χ3n) is 1.98. The van der Waals surface area contributed by atoms with Crippen LogP contribution in [0.25, 0.3) is 0 Å². The highest BCUT2D eigenvalue weighted by atomic mass is 35.5. The summed E-state index contributed by atoms with van der Waals surface area (Å²) in [5.41, 5.74) is 7.98. The average Bonchev–Trinajstić information content (AvgIpc) is 2.33. The van der Waals surface area contributed by atoms with Crippen LogP contribution >= 0.6 is 35.0 Å². The number of hydrazine groups is 1. The smallest absolute Gasteiger partial charge is 0.223 e. The molecular formula is C10H9Cl2N5S. The topological polar surface area (TPSA) is 89.8 Å². The Kier molecular flexibility index (Phi) is 4.13. The molecule has 18 heavy (non-hydrogen) atoms. The fraction of sp³-hybridized carbons (Fsp3) is 0. The molecule has 94 valence electrons. The van der Waals surface area contributed by atoms with Crippen LogP contribution in [0, 0.1) is 0 Å². The van der Waals surface area contributed by atoms with E-state index in [1.54, 1.807) is 24.3 Å². The van der Waals surface area contributed by atoms with E-state index in [0.29, 0.717) is 20.9 Å². The first-order chi connectivity index (χ1) is 8.58. The molecule has 0 saturated heterocycles. The van der Waals surface area contributed by atoms with Crippen LogP contribution in [0.5, 0.6) is 0 Å². The lowest BCUT2D eigenvalue weighted by Crippen LogP contribution is -2.10. The van der Waals surface area contributed by atoms with Gasteiger partial charge in [-0.25, -0.2) is 10.8 Å². The van der Waals surface area contributed by atoms with E-state index < -0.39 is 0 Å². The molecule has 0 spiro atoms. The summed E-state index contributed by atoms with van der Waals surface area (Å²) in [6.07, 6.45) is 0. The minimum atomic E-state index is 0.131. The van der Waals surface area contributed by atoms with Gasteiger partial charge >= 0.3 is 0 Å². The zero-order valence-electron chi connectivity index (χ0n) is 9.02. The van der Waals surface area contributed by atoms with Crippen molar-refractivity contribution in [3.8, 4) is 0 Å². The number of hydrogen-bond acceptors (Lipinski definition) is 6. The highest BCUT2D eigenvalue weighted by Crippen LogP contribution is 2.34. The van der Waals surface area contributed by atoms with Gasteiger partial charge in [-0.2, -0.15) is 4.98 Å². The van der Waals surface area contributed by atoms with Crippen LogP contribution in [-0.2, 0) is 0 Å². The fourth-order valence-corrected chi connectivity index (χ4v) is 2.59. The summed E-state index contributed by atoms with van der Waals surface area (Å²) in [5.74, 6) is 5.85. The van der Waals surface area contributed by atoms with Crippen molar-refractivity contribution in [3.63, 3.8) is 0 Å². The SMILES string of the molecule is NNc1cc(Sc2cc(Cl)ccc2Cl)nc(N)n1. The summed E-state index contributed by atoms with van der Waals surface area (Å²) < 4.78 is 0. The number of halogens is 2. The first-order valence-corrected chi connectivity index (χ1v) is 6.40. The number of anilines is 2. The molecule has 5 nitrogen and oxygen atoms in total. The first-order valence-electron chi connectivity index (χ1n) is 4.82. The Balaban J connectivity index is 2.33. The highest BCUT2D eigenvalue weighted by molar-refractivity contribution is 7.99. The van der Waals surface area contributed by atoms with Crippen molar-refractivity contribution < 1.29 is 0 Å². The molecule has 0 radical (unpaired) electrons. The molecule has 5 N–H and O–H groups in total. The molecule has 0 saturated carbocycles. The lowest BCUT2D eigenvalue weighted by molar-refractivity contribution is 1.05. The number of nitrogens with zero attached hydrogens (tertiary/aromatic N) is 2. The van der Waals surface area contributed by atoms with Gasteiger partial charge in [-0.15, -0.1) is 0 Å². The molecule has 0 fully saturated rings. The van der Waals surface area contributed by atoms with E-state index in [2.05, 4.69) is 15.4 Å². The maximum absolute atomic E-state index is 6.07. The number of benzene rings is 1. The van der Waals surface area contributed by atoms with Crippen molar-refractivity contribution in [3.05, 3.63) is 34.3 Å². The maximum atomic E-state index is 6.07. The van der Waals surface area contributed by atoms with E-state index in [1.165, 1.54) is 11.8 Å². The maximum Gasteiger partial charge on any atom is 0.223 e. The predicted molar refractivity (Wildman–Crippen MR) is 74.8 cm³/mol. The molecule has 0 atom stereocenters. The van der Waals surface area contributed by atoms with Gasteiger partial charge in [0.05, 0.1) is 5.02 Å². The van der Waals surface area contributed by atoms with Crippen molar-refractivity contribution in [1.82, 2.24) is 9.97 Å². The van der Waals surface area contributed by atoms with Gasteiger partial charge in [0.2, 0.25) is 5.95 Å². The molecule has 2 rings (SSSR count). The highest BCUT2D eigenvalue weighted by Gasteiger charge is 2.07. The molecule has 0 bridgehead atoms. The Bertz CT molecular complexity index is 578. The molecule has 0 amide bonds. The predicted octanol–water partition coefficient (Wildman–Crippen LogP) is 2.80. The number of aromatic nitrogens is 2. The Morgan fingerprint density at radius 3 is 2.67 bits per heavy atom. The van der Waals surface area contributed by atoms with E-state index in [1.807, 2.05) is 0 Å². The van der Waals surface area contributed by atoms with Crippen LogP contribution < -0.4 is 17.0 Å². The molecule has 1 aromatic carbocycles. The zero-order chi connectivity index (χ0) is 13.1. The zero-order valence-corrected chi connectivity index (χ0v) is 11.4. The average molecular weight is 302 g/mol. The van der Waals surface area contributed by atoms with Crippen LogP contribution in [0.4, 0.5) is 11.8 Å².